The Bertz CT molecular complexity index is 2100. The van der Waals surface area contributed by atoms with Gasteiger partial charge < -0.3 is 20.7 Å². The van der Waals surface area contributed by atoms with E-state index < -0.39 is 0 Å². The van der Waals surface area contributed by atoms with Crippen molar-refractivity contribution in [1.29, 1.82) is 0 Å². The van der Waals surface area contributed by atoms with E-state index in [1.165, 1.54) is 36.0 Å². The molecule has 7 rings (SSSR count). The molecule has 54 heavy (non-hydrogen) atoms. The van der Waals surface area contributed by atoms with E-state index in [1.54, 1.807) is 18.2 Å². The molecule has 2 aromatic carbocycles. The Hall–Kier alpha value is -5.13. The first-order chi connectivity index (χ1) is 26.4. The van der Waals surface area contributed by atoms with Crippen LogP contribution >= 0.6 is 0 Å². The second-order valence-electron chi connectivity index (χ2n) is 14.5. The maximum absolute atomic E-state index is 13.5. The molecule has 2 amide bonds. The molecule has 3 aromatic heterocycles. The number of carbonyl (C=O) groups excluding carboxylic acids is 2. The van der Waals surface area contributed by atoms with E-state index in [2.05, 4.69) is 88.1 Å². The second kappa shape index (κ2) is 17.3. The number of benzene rings is 2. The molecule has 2 fully saturated rings. The lowest BCUT2D eigenvalue weighted by Crippen LogP contribution is -2.30. The molecule has 0 bridgehead atoms. The Labute approximate surface area is 317 Å². The van der Waals surface area contributed by atoms with Crippen molar-refractivity contribution in [3.8, 4) is 11.1 Å². The lowest BCUT2D eigenvalue weighted by atomic mass is 9.96. The molecular weight excluding hydrogens is 677 g/mol. The highest BCUT2D eigenvalue weighted by Gasteiger charge is 2.23. The number of hydrogen-bond donors (Lipinski definition) is 3. The Kier molecular flexibility index (Phi) is 11.9. The molecule has 0 radical (unpaired) electrons. The summed E-state index contributed by atoms with van der Waals surface area (Å²) in [7, 11) is 0. The lowest BCUT2D eigenvalue weighted by molar-refractivity contribution is 0.0904. The van der Waals surface area contributed by atoms with E-state index in [4.69, 9.17) is 9.72 Å². The number of pyridine rings is 2. The van der Waals surface area contributed by atoms with Gasteiger partial charge in [-0.1, -0.05) is 49.7 Å². The fraction of sp³-hybridized carbons (Fsp3) is 0.419. The minimum absolute atomic E-state index is 0.175. The zero-order valence-electron chi connectivity index (χ0n) is 31.8. The topological polar surface area (TPSA) is 126 Å². The van der Waals surface area contributed by atoms with Crippen LogP contribution in [0.4, 0.5) is 5.69 Å². The summed E-state index contributed by atoms with van der Waals surface area (Å²) in [6.07, 6.45) is 8.23. The molecule has 0 spiro atoms. The third-order valence-corrected chi connectivity index (χ3v) is 10.7. The summed E-state index contributed by atoms with van der Waals surface area (Å²) in [5, 5.41) is 15.4. The smallest absolute Gasteiger partial charge is 0.270 e. The third-order valence-electron chi connectivity index (χ3n) is 10.7. The molecule has 2 aliphatic heterocycles. The van der Waals surface area contributed by atoms with Crippen LogP contribution in [-0.4, -0.2) is 68.8 Å². The predicted octanol–water partition coefficient (Wildman–Crippen LogP) is 6.82. The Morgan fingerprint density at radius 3 is 2.33 bits per heavy atom. The van der Waals surface area contributed by atoms with Crippen molar-refractivity contribution in [3.05, 3.63) is 106 Å². The molecule has 5 heterocycles. The number of nitrogens with one attached hydrogen (secondary N) is 3. The van der Waals surface area contributed by atoms with Crippen molar-refractivity contribution in [2.24, 2.45) is 0 Å². The minimum Gasteiger partial charge on any atom is -0.381 e. The largest absolute Gasteiger partial charge is 0.381 e. The van der Waals surface area contributed by atoms with Crippen molar-refractivity contribution in [1.82, 2.24) is 35.3 Å². The van der Waals surface area contributed by atoms with Gasteiger partial charge in [-0.05, 0) is 111 Å². The molecule has 3 N–H and O–H groups in total. The first-order valence-corrected chi connectivity index (χ1v) is 19.6. The van der Waals surface area contributed by atoms with Gasteiger partial charge in [0.1, 0.15) is 11.4 Å². The molecule has 0 aliphatic carbocycles. The maximum atomic E-state index is 13.5. The van der Waals surface area contributed by atoms with Gasteiger partial charge in [0.2, 0.25) is 0 Å². The first-order valence-electron chi connectivity index (χ1n) is 19.6. The lowest BCUT2D eigenvalue weighted by Gasteiger charge is -2.26. The molecule has 5 aromatic rings. The Balaban J connectivity index is 1.02. The summed E-state index contributed by atoms with van der Waals surface area (Å²) >= 11 is 0. The van der Waals surface area contributed by atoms with Crippen LogP contribution in [-0.2, 0) is 37.3 Å². The van der Waals surface area contributed by atoms with Crippen LogP contribution in [0.5, 0.6) is 0 Å². The second-order valence-corrected chi connectivity index (χ2v) is 14.5. The summed E-state index contributed by atoms with van der Waals surface area (Å²) < 4.78 is 7.50. The molecule has 2 saturated heterocycles. The van der Waals surface area contributed by atoms with E-state index in [0.29, 0.717) is 32.7 Å². The van der Waals surface area contributed by atoms with Gasteiger partial charge in [0, 0.05) is 56.7 Å². The molecule has 2 aliphatic rings. The average molecular weight is 729 g/mol. The summed E-state index contributed by atoms with van der Waals surface area (Å²) in [5.74, 6) is -0.701. The molecule has 0 saturated carbocycles. The van der Waals surface area contributed by atoms with Crippen LogP contribution in [0.25, 0.3) is 22.2 Å². The third kappa shape index (κ3) is 8.63. The van der Waals surface area contributed by atoms with Crippen molar-refractivity contribution >= 4 is 28.5 Å². The summed E-state index contributed by atoms with van der Waals surface area (Å²) in [6, 6.07) is 20.3. The SMILES string of the molecule is CCc1nc2c(cnn2CC)c(NC2CCOCC2)c1CNC(=O)c1cccc(C(=O)NCc2ccc(C)c(-c3cccc(CN4CCCCC4)c3)c2)n1. The fourth-order valence-corrected chi connectivity index (χ4v) is 7.62. The van der Waals surface area contributed by atoms with Gasteiger partial charge in [0.05, 0.1) is 17.3 Å². The van der Waals surface area contributed by atoms with Crippen LogP contribution in [0.3, 0.4) is 0 Å². The van der Waals surface area contributed by atoms with E-state index in [0.717, 1.165) is 71.6 Å². The number of anilines is 1. The van der Waals surface area contributed by atoms with Gasteiger partial charge in [-0.25, -0.2) is 14.6 Å². The summed E-state index contributed by atoms with van der Waals surface area (Å²) in [4.78, 5) is 38.9. The van der Waals surface area contributed by atoms with E-state index >= 15 is 0 Å². The van der Waals surface area contributed by atoms with Gasteiger partial charge >= 0.3 is 0 Å². The monoisotopic (exact) mass is 728 g/mol. The molecular formula is C43H52N8O3. The van der Waals surface area contributed by atoms with Crippen molar-refractivity contribution in [2.75, 3.05) is 31.6 Å². The number of aryl methyl sites for hydroxylation is 3. The highest BCUT2D eigenvalue weighted by molar-refractivity contribution is 5.97. The minimum atomic E-state index is -0.362. The quantitative estimate of drug-likeness (QED) is 0.121. The van der Waals surface area contributed by atoms with Crippen molar-refractivity contribution in [2.45, 2.75) is 91.5 Å². The van der Waals surface area contributed by atoms with Gasteiger partial charge in [-0.15, -0.1) is 0 Å². The highest BCUT2D eigenvalue weighted by atomic mass is 16.5. The summed E-state index contributed by atoms with van der Waals surface area (Å²) in [5.41, 5.74) is 9.82. The first kappa shape index (κ1) is 37.2. The van der Waals surface area contributed by atoms with Gasteiger partial charge in [0.15, 0.2) is 5.65 Å². The van der Waals surface area contributed by atoms with E-state index in [-0.39, 0.29) is 35.8 Å². The van der Waals surface area contributed by atoms with Gasteiger partial charge in [0.25, 0.3) is 11.8 Å². The maximum Gasteiger partial charge on any atom is 0.270 e. The van der Waals surface area contributed by atoms with Crippen molar-refractivity contribution in [3.63, 3.8) is 0 Å². The van der Waals surface area contributed by atoms with Crippen LogP contribution in [0.1, 0.15) is 94.9 Å². The number of nitrogens with zero attached hydrogens (tertiary/aromatic N) is 5. The molecule has 282 valence electrons. The number of amides is 2. The van der Waals surface area contributed by atoms with Crippen molar-refractivity contribution < 1.29 is 14.3 Å². The number of piperidine rings is 1. The van der Waals surface area contributed by atoms with E-state index in [1.807, 2.05) is 16.9 Å². The fourth-order valence-electron chi connectivity index (χ4n) is 7.62. The van der Waals surface area contributed by atoms with Gasteiger partial charge in [-0.2, -0.15) is 5.10 Å². The molecule has 11 heteroatoms. The normalized spacial score (nSPS) is 15.3. The van der Waals surface area contributed by atoms with Crippen LogP contribution in [0, 0.1) is 6.92 Å². The highest BCUT2D eigenvalue weighted by Crippen LogP contribution is 2.31. The summed E-state index contributed by atoms with van der Waals surface area (Å²) in [6.45, 7) is 12.3. The number of likely N-dealkylation sites (tertiary alicyclic amines) is 1. The number of ether oxygens (including phenoxy) is 1. The number of carbonyl (C=O) groups is 2. The predicted molar refractivity (Wildman–Crippen MR) is 212 cm³/mol. The molecule has 0 atom stereocenters. The van der Waals surface area contributed by atoms with Crippen LogP contribution in [0.2, 0.25) is 0 Å². The van der Waals surface area contributed by atoms with Crippen LogP contribution in [0.15, 0.2) is 66.9 Å². The van der Waals surface area contributed by atoms with E-state index in [9.17, 15) is 9.59 Å². The Morgan fingerprint density at radius 1 is 0.852 bits per heavy atom. The standard InChI is InChI=1S/C43H52N8O3/c1-4-37-35(40(47-33-17-21-54-22-18-33)36-27-46-51(5-2)41(36)49-37)26-45-43(53)39-14-10-13-38(48-39)42(52)44-25-30-16-15-29(3)34(24-30)32-12-9-11-31(23-32)28-50-19-7-6-8-20-50/h9-16,23-24,27,33H,4-8,17-22,25-26,28H2,1-3H3,(H,44,52)(H,45,53)(H,47,49). The van der Waals surface area contributed by atoms with Crippen LogP contribution < -0.4 is 16.0 Å². The zero-order valence-corrected chi connectivity index (χ0v) is 31.8. The number of aromatic nitrogens is 4. The average Bonchev–Trinajstić information content (AvgIpc) is 3.63. The Morgan fingerprint density at radius 2 is 1.59 bits per heavy atom. The molecule has 11 nitrogen and oxygen atoms in total. The zero-order chi connectivity index (χ0) is 37.4. The number of rotatable bonds is 13. The number of fused-ring (bicyclic) bond motifs is 1. The molecule has 0 unspecified atom stereocenters. The number of hydrogen-bond acceptors (Lipinski definition) is 8. The van der Waals surface area contributed by atoms with Gasteiger partial charge in [-0.3, -0.25) is 14.5 Å².